The summed E-state index contributed by atoms with van der Waals surface area (Å²) >= 11 is 0. The molecule has 0 aliphatic carbocycles. The Morgan fingerprint density at radius 2 is 2.00 bits per heavy atom. The molecular weight excluding hydrogens is 188 g/mol. The Balaban J connectivity index is 3.41. The van der Waals surface area contributed by atoms with Crippen molar-refractivity contribution in [3.05, 3.63) is 0 Å². The molecule has 0 aromatic heterocycles. The van der Waals surface area contributed by atoms with Gasteiger partial charge in [-0.2, -0.15) is 0 Å². The van der Waals surface area contributed by atoms with Gasteiger partial charge in [-0.25, -0.2) is 0 Å². The molecule has 0 radical (unpaired) electrons. The lowest BCUT2D eigenvalue weighted by Gasteiger charge is -2.20. The van der Waals surface area contributed by atoms with E-state index in [1.54, 1.807) is 7.11 Å². The van der Waals surface area contributed by atoms with Crippen molar-refractivity contribution in [1.82, 2.24) is 10.2 Å². The van der Waals surface area contributed by atoms with Gasteiger partial charge in [-0.1, -0.05) is 20.3 Å². The molecule has 0 rings (SSSR count). The van der Waals surface area contributed by atoms with Crippen molar-refractivity contribution in [1.29, 1.82) is 0 Å². The first-order valence-corrected chi connectivity index (χ1v) is 6.15. The smallest absolute Gasteiger partial charge is 0.0589 e. The maximum absolute atomic E-state index is 5.04. The Bertz CT molecular complexity index is 131. The van der Waals surface area contributed by atoms with Crippen molar-refractivity contribution < 1.29 is 4.74 Å². The van der Waals surface area contributed by atoms with E-state index in [1.165, 1.54) is 19.3 Å². The predicted molar refractivity (Wildman–Crippen MR) is 66.4 cm³/mol. The van der Waals surface area contributed by atoms with E-state index in [0.29, 0.717) is 6.04 Å². The van der Waals surface area contributed by atoms with E-state index in [2.05, 4.69) is 31.1 Å². The van der Waals surface area contributed by atoms with Gasteiger partial charge in [0.2, 0.25) is 0 Å². The predicted octanol–water partition coefficient (Wildman–Crippen LogP) is 1.73. The van der Waals surface area contributed by atoms with Crippen LogP contribution in [0, 0.1) is 0 Å². The van der Waals surface area contributed by atoms with Crippen molar-refractivity contribution in [2.45, 2.75) is 39.2 Å². The fraction of sp³-hybridized carbons (Fsp3) is 1.00. The van der Waals surface area contributed by atoms with Gasteiger partial charge in [0.25, 0.3) is 0 Å². The first-order valence-electron chi connectivity index (χ1n) is 6.15. The highest BCUT2D eigenvalue weighted by molar-refractivity contribution is 4.65. The second kappa shape index (κ2) is 10.4. The van der Waals surface area contributed by atoms with Crippen LogP contribution in [-0.2, 0) is 4.74 Å². The average molecular weight is 216 g/mol. The number of nitrogens with zero attached hydrogens (tertiary/aromatic N) is 1. The van der Waals surface area contributed by atoms with Crippen molar-refractivity contribution in [2.24, 2.45) is 0 Å². The number of likely N-dealkylation sites (N-methyl/N-ethyl adjacent to an activating group) is 1. The zero-order chi connectivity index (χ0) is 11.5. The highest BCUT2D eigenvalue weighted by Crippen LogP contribution is 1.99. The lowest BCUT2D eigenvalue weighted by Crippen LogP contribution is -2.36. The van der Waals surface area contributed by atoms with E-state index in [1.807, 2.05) is 0 Å². The maximum atomic E-state index is 5.04. The Morgan fingerprint density at radius 3 is 2.53 bits per heavy atom. The van der Waals surface area contributed by atoms with Crippen LogP contribution in [0.2, 0.25) is 0 Å². The van der Waals surface area contributed by atoms with E-state index >= 15 is 0 Å². The summed E-state index contributed by atoms with van der Waals surface area (Å²) in [4.78, 5) is 2.30. The van der Waals surface area contributed by atoms with E-state index in [9.17, 15) is 0 Å². The fourth-order valence-corrected chi connectivity index (χ4v) is 1.62. The zero-order valence-electron chi connectivity index (χ0n) is 10.9. The quantitative estimate of drug-likeness (QED) is 0.602. The number of hydrogen-bond acceptors (Lipinski definition) is 3. The molecule has 1 unspecified atom stereocenters. The molecule has 0 amide bonds. The third-order valence-corrected chi connectivity index (χ3v) is 2.73. The molecule has 0 saturated heterocycles. The van der Waals surface area contributed by atoms with Gasteiger partial charge in [0, 0.05) is 32.8 Å². The van der Waals surface area contributed by atoms with E-state index in [4.69, 9.17) is 4.74 Å². The lowest BCUT2D eigenvalue weighted by molar-refractivity contribution is 0.161. The van der Waals surface area contributed by atoms with Crippen LogP contribution in [0.3, 0.4) is 0 Å². The highest BCUT2D eigenvalue weighted by Gasteiger charge is 2.04. The van der Waals surface area contributed by atoms with Crippen LogP contribution in [0.5, 0.6) is 0 Å². The molecule has 0 aliphatic heterocycles. The molecular formula is C12H28N2O. The van der Waals surface area contributed by atoms with Gasteiger partial charge in [-0.3, -0.25) is 0 Å². The van der Waals surface area contributed by atoms with Crippen LogP contribution in [0.1, 0.15) is 33.1 Å². The van der Waals surface area contributed by atoms with Crippen LogP contribution in [0.15, 0.2) is 0 Å². The Morgan fingerprint density at radius 1 is 1.27 bits per heavy atom. The molecule has 0 fully saturated rings. The number of rotatable bonds is 10. The molecule has 0 bridgehead atoms. The van der Waals surface area contributed by atoms with Crippen molar-refractivity contribution in [2.75, 3.05) is 40.4 Å². The van der Waals surface area contributed by atoms with Crippen LogP contribution in [-0.4, -0.2) is 51.3 Å². The minimum Gasteiger partial charge on any atom is -0.383 e. The van der Waals surface area contributed by atoms with Gasteiger partial charge < -0.3 is 15.0 Å². The first-order chi connectivity index (χ1) is 7.24. The van der Waals surface area contributed by atoms with Crippen LogP contribution >= 0.6 is 0 Å². The number of methoxy groups -OCH3 is 1. The van der Waals surface area contributed by atoms with Gasteiger partial charge in [0.1, 0.15) is 0 Å². The van der Waals surface area contributed by atoms with Crippen LogP contribution in [0.25, 0.3) is 0 Å². The molecule has 0 aromatic rings. The molecule has 0 aromatic carbocycles. The molecule has 0 aliphatic rings. The summed E-state index contributed by atoms with van der Waals surface area (Å²) in [5.74, 6) is 0. The summed E-state index contributed by atoms with van der Waals surface area (Å²) in [7, 11) is 3.89. The summed E-state index contributed by atoms with van der Waals surface area (Å²) < 4.78 is 5.04. The second-order valence-electron chi connectivity index (χ2n) is 4.14. The highest BCUT2D eigenvalue weighted by atomic mass is 16.5. The third kappa shape index (κ3) is 8.85. The molecule has 3 heteroatoms. The SMILES string of the molecule is CCCC(CC)NCCN(C)CCOC. The Hall–Kier alpha value is -0.120. The summed E-state index contributed by atoms with van der Waals surface area (Å²) in [6.07, 6.45) is 3.79. The second-order valence-corrected chi connectivity index (χ2v) is 4.14. The molecule has 0 spiro atoms. The van der Waals surface area contributed by atoms with E-state index < -0.39 is 0 Å². The molecule has 0 heterocycles. The van der Waals surface area contributed by atoms with Crippen molar-refractivity contribution in [3.8, 4) is 0 Å². The maximum Gasteiger partial charge on any atom is 0.0589 e. The Labute approximate surface area is 95.2 Å². The molecule has 92 valence electrons. The average Bonchev–Trinajstić information content (AvgIpc) is 2.25. The monoisotopic (exact) mass is 216 g/mol. The summed E-state index contributed by atoms with van der Waals surface area (Å²) in [6, 6.07) is 0.700. The largest absolute Gasteiger partial charge is 0.383 e. The summed E-state index contributed by atoms with van der Waals surface area (Å²) in [6.45, 7) is 8.52. The van der Waals surface area contributed by atoms with Gasteiger partial charge in [-0.05, 0) is 19.9 Å². The third-order valence-electron chi connectivity index (χ3n) is 2.73. The molecule has 1 atom stereocenters. The van der Waals surface area contributed by atoms with Crippen molar-refractivity contribution >= 4 is 0 Å². The lowest BCUT2D eigenvalue weighted by atomic mass is 10.1. The van der Waals surface area contributed by atoms with E-state index in [-0.39, 0.29) is 0 Å². The zero-order valence-corrected chi connectivity index (χ0v) is 10.9. The van der Waals surface area contributed by atoms with Gasteiger partial charge in [0.15, 0.2) is 0 Å². The van der Waals surface area contributed by atoms with E-state index in [0.717, 1.165) is 26.2 Å². The number of nitrogens with one attached hydrogen (secondary N) is 1. The minimum absolute atomic E-state index is 0.700. The normalized spacial score (nSPS) is 13.4. The topological polar surface area (TPSA) is 24.5 Å². The number of ether oxygens (including phenoxy) is 1. The first kappa shape index (κ1) is 14.9. The van der Waals surface area contributed by atoms with Gasteiger partial charge in [-0.15, -0.1) is 0 Å². The van der Waals surface area contributed by atoms with Crippen LogP contribution in [0.4, 0.5) is 0 Å². The summed E-state index contributed by atoms with van der Waals surface area (Å²) in [5.41, 5.74) is 0. The van der Waals surface area contributed by atoms with Gasteiger partial charge in [0.05, 0.1) is 6.61 Å². The molecule has 3 nitrogen and oxygen atoms in total. The summed E-state index contributed by atoms with van der Waals surface area (Å²) in [5, 5.41) is 3.60. The molecule has 15 heavy (non-hydrogen) atoms. The van der Waals surface area contributed by atoms with Crippen LogP contribution < -0.4 is 5.32 Å². The van der Waals surface area contributed by atoms with Crippen molar-refractivity contribution in [3.63, 3.8) is 0 Å². The minimum atomic E-state index is 0.700. The van der Waals surface area contributed by atoms with Gasteiger partial charge >= 0.3 is 0 Å². The Kier molecular flexibility index (Phi) is 10.3. The molecule has 1 N–H and O–H groups in total. The molecule has 0 saturated carbocycles. The fourth-order valence-electron chi connectivity index (χ4n) is 1.62. The number of hydrogen-bond donors (Lipinski definition) is 1. The standard InChI is InChI=1S/C12H28N2O/c1-5-7-12(6-2)13-8-9-14(3)10-11-15-4/h12-13H,5-11H2,1-4H3.